The maximum atomic E-state index is 6.33. The Morgan fingerprint density at radius 2 is 2.06 bits per heavy atom. The lowest BCUT2D eigenvalue weighted by Gasteiger charge is -2.48. The summed E-state index contributed by atoms with van der Waals surface area (Å²) in [7, 11) is 1.81. The van der Waals surface area contributed by atoms with Crippen LogP contribution in [0.5, 0.6) is 0 Å². The van der Waals surface area contributed by atoms with E-state index < -0.39 is 0 Å². The van der Waals surface area contributed by atoms with Gasteiger partial charge in [0.2, 0.25) is 0 Å². The summed E-state index contributed by atoms with van der Waals surface area (Å²) in [5.41, 5.74) is 3.27. The van der Waals surface area contributed by atoms with E-state index in [0.29, 0.717) is 41.1 Å². The van der Waals surface area contributed by atoms with Crippen molar-refractivity contribution in [3.63, 3.8) is 0 Å². The second-order valence-corrected chi connectivity index (χ2v) is 14.3. The standard InChI is InChI=1S/C31H49ClN2OS/c1-22(2)29(19-34-13-12-28(31(3,4)21-34)25-8-10-27(32)11-9-25)33-18-23-15-24(20-35-5)17-26(16-23)30-7-6-14-36-30/h6,8,10,14-15,17,22-23,25,27-30,33H,7,9,11-13,16,18-21H2,1-5H3/t23?,25?,27?,28?,29-,30?/m0/s1. The van der Waals surface area contributed by atoms with Crippen LogP contribution in [0, 0.1) is 29.1 Å². The number of allylic oxidation sites excluding steroid dienone is 3. The number of ether oxygens (including phenoxy) is 1. The Balaban J connectivity index is 1.32. The van der Waals surface area contributed by atoms with Gasteiger partial charge in [0, 0.05) is 38.0 Å². The van der Waals surface area contributed by atoms with E-state index in [0.717, 1.165) is 25.4 Å². The Morgan fingerprint density at radius 1 is 1.22 bits per heavy atom. The van der Waals surface area contributed by atoms with Gasteiger partial charge < -0.3 is 15.0 Å². The van der Waals surface area contributed by atoms with Gasteiger partial charge in [0.25, 0.3) is 0 Å². The van der Waals surface area contributed by atoms with Crippen molar-refractivity contribution in [2.75, 3.05) is 39.9 Å². The van der Waals surface area contributed by atoms with Gasteiger partial charge in [0.1, 0.15) is 0 Å². The molecule has 2 aliphatic heterocycles. The molecular formula is C31H49ClN2OS. The van der Waals surface area contributed by atoms with Gasteiger partial charge in [-0.05, 0) is 78.7 Å². The Bertz CT molecular complexity index is 840. The van der Waals surface area contributed by atoms with E-state index in [9.17, 15) is 0 Å². The predicted octanol–water partition coefficient (Wildman–Crippen LogP) is 7.06. The van der Waals surface area contributed by atoms with Crippen molar-refractivity contribution in [2.45, 2.75) is 76.5 Å². The van der Waals surface area contributed by atoms with Crippen LogP contribution in [0.3, 0.4) is 0 Å². The second kappa shape index (κ2) is 13.0. The third kappa shape index (κ3) is 7.53. The number of halogens is 1. The number of hydrogen-bond acceptors (Lipinski definition) is 4. The van der Waals surface area contributed by atoms with Crippen molar-refractivity contribution in [1.82, 2.24) is 10.2 Å². The molecule has 0 spiro atoms. The third-order valence-corrected chi connectivity index (χ3v) is 10.4. The summed E-state index contributed by atoms with van der Waals surface area (Å²) < 4.78 is 5.51. The highest BCUT2D eigenvalue weighted by atomic mass is 35.5. The molecule has 202 valence electrons. The maximum absolute atomic E-state index is 6.33. The van der Waals surface area contributed by atoms with Gasteiger partial charge in [-0.3, -0.25) is 0 Å². The number of hydrogen-bond donors (Lipinski definition) is 1. The molecule has 1 N–H and O–H groups in total. The number of thioether (sulfide) groups is 1. The van der Waals surface area contributed by atoms with E-state index in [-0.39, 0.29) is 5.38 Å². The number of nitrogens with zero attached hydrogens (tertiary/aromatic N) is 1. The van der Waals surface area contributed by atoms with E-state index >= 15 is 0 Å². The van der Waals surface area contributed by atoms with Gasteiger partial charge in [-0.15, -0.1) is 23.4 Å². The number of nitrogens with one attached hydrogen (secondary N) is 1. The lowest BCUT2D eigenvalue weighted by molar-refractivity contribution is 0.0219. The summed E-state index contributed by atoms with van der Waals surface area (Å²) in [4.78, 5) is 2.74. The van der Waals surface area contributed by atoms with Gasteiger partial charge in [-0.1, -0.05) is 63.6 Å². The van der Waals surface area contributed by atoms with E-state index in [1.165, 1.54) is 44.3 Å². The van der Waals surface area contributed by atoms with Gasteiger partial charge in [-0.25, -0.2) is 0 Å². The van der Waals surface area contributed by atoms with Crippen molar-refractivity contribution < 1.29 is 4.74 Å². The summed E-state index contributed by atoms with van der Waals surface area (Å²) in [6, 6.07) is 0.514. The molecule has 36 heavy (non-hydrogen) atoms. The molecule has 2 aliphatic carbocycles. The van der Waals surface area contributed by atoms with Gasteiger partial charge in [0.15, 0.2) is 0 Å². The van der Waals surface area contributed by atoms with Crippen LogP contribution in [0.1, 0.15) is 59.8 Å². The molecule has 0 aromatic rings. The van der Waals surface area contributed by atoms with Crippen molar-refractivity contribution in [1.29, 1.82) is 0 Å². The van der Waals surface area contributed by atoms with E-state index in [1.54, 1.807) is 12.7 Å². The molecule has 1 saturated heterocycles. The first kappa shape index (κ1) is 28.5. The normalized spacial score (nSPS) is 33.6. The quantitative estimate of drug-likeness (QED) is 0.240. The van der Waals surface area contributed by atoms with Crippen molar-refractivity contribution in [3.8, 4) is 0 Å². The molecule has 3 nitrogen and oxygen atoms in total. The Labute approximate surface area is 230 Å². The average Bonchev–Trinajstić information content (AvgIpc) is 3.37. The Hall–Kier alpha value is -0.520. The smallest absolute Gasteiger partial charge is 0.0710 e. The van der Waals surface area contributed by atoms with Crippen LogP contribution in [0.15, 0.2) is 46.9 Å². The zero-order chi connectivity index (χ0) is 25.7. The van der Waals surface area contributed by atoms with Crippen LogP contribution in [0.4, 0.5) is 0 Å². The molecule has 5 unspecified atom stereocenters. The molecule has 1 fully saturated rings. The highest BCUT2D eigenvalue weighted by Gasteiger charge is 2.40. The minimum Gasteiger partial charge on any atom is -0.380 e. The summed E-state index contributed by atoms with van der Waals surface area (Å²) in [5.74, 6) is 2.62. The van der Waals surface area contributed by atoms with Crippen LogP contribution in [-0.4, -0.2) is 61.5 Å². The molecule has 6 atom stereocenters. The number of methoxy groups -OCH3 is 1. The predicted molar refractivity (Wildman–Crippen MR) is 158 cm³/mol. The highest BCUT2D eigenvalue weighted by molar-refractivity contribution is 8.03. The molecule has 0 aromatic carbocycles. The summed E-state index contributed by atoms with van der Waals surface area (Å²) in [5, 5.41) is 7.14. The first-order valence-electron chi connectivity index (χ1n) is 14.2. The van der Waals surface area contributed by atoms with Gasteiger partial charge >= 0.3 is 0 Å². The van der Waals surface area contributed by atoms with E-state index in [2.05, 4.69) is 73.7 Å². The molecule has 0 amide bonds. The number of likely N-dealkylation sites (tertiary alicyclic amines) is 1. The van der Waals surface area contributed by atoms with Crippen LogP contribution in [0.2, 0.25) is 0 Å². The summed E-state index contributed by atoms with van der Waals surface area (Å²) in [6.07, 6.45) is 17.9. The van der Waals surface area contributed by atoms with Crippen molar-refractivity contribution in [3.05, 3.63) is 46.9 Å². The SMILES string of the molecule is COCC1=CC(CN[C@@H](CN2CCC(C3C=CC(Cl)CC3)C(C)(C)C2)C(C)C)CC(C2CC=CS2)=C1. The zero-order valence-corrected chi connectivity index (χ0v) is 24.8. The fourth-order valence-corrected chi connectivity index (χ4v) is 8.10. The van der Waals surface area contributed by atoms with Crippen LogP contribution in [-0.2, 0) is 4.74 Å². The van der Waals surface area contributed by atoms with Crippen molar-refractivity contribution >= 4 is 23.4 Å². The monoisotopic (exact) mass is 532 g/mol. The Morgan fingerprint density at radius 3 is 2.69 bits per heavy atom. The second-order valence-electron chi connectivity index (χ2n) is 12.6. The maximum Gasteiger partial charge on any atom is 0.0710 e. The van der Waals surface area contributed by atoms with Gasteiger partial charge in [0.05, 0.1) is 12.0 Å². The average molecular weight is 533 g/mol. The lowest BCUT2D eigenvalue weighted by atomic mass is 9.65. The molecule has 0 saturated carbocycles. The first-order chi connectivity index (χ1) is 17.2. The third-order valence-electron chi connectivity index (χ3n) is 8.89. The van der Waals surface area contributed by atoms with Crippen molar-refractivity contribution in [2.24, 2.45) is 29.1 Å². The number of piperidine rings is 1. The Kier molecular flexibility index (Phi) is 10.3. The minimum absolute atomic E-state index is 0.243. The molecule has 0 aromatic heterocycles. The molecule has 4 aliphatic rings. The summed E-state index contributed by atoms with van der Waals surface area (Å²) in [6.45, 7) is 15.1. The number of rotatable bonds is 10. The topological polar surface area (TPSA) is 24.5 Å². The van der Waals surface area contributed by atoms with E-state index in [4.69, 9.17) is 16.3 Å². The highest BCUT2D eigenvalue weighted by Crippen LogP contribution is 2.43. The molecule has 5 heteroatoms. The fourth-order valence-electron chi connectivity index (χ4n) is 6.91. The van der Waals surface area contributed by atoms with E-state index in [1.807, 2.05) is 11.8 Å². The van der Waals surface area contributed by atoms with Crippen LogP contribution in [0.25, 0.3) is 0 Å². The fraction of sp³-hybridized carbons (Fsp3) is 0.742. The summed E-state index contributed by atoms with van der Waals surface area (Å²) >= 11 is 8.31. The lowest BCUT2D eigenvalue weighted by Crippen LogP contribution is -2.53. The number of alkyl halides is 1. The molecule has 2 heterocycles. The molecule has 4 rings (SSSR count). The minimum atomic E-state index is 0.243. The largest absolute Gasteiger partial charge is 0.380 e. The van der Waals surface area contributed by atoms with Crippen LogP contribution >= 0.6 is 23.4 Å². The molecular weight excluding hydrogens is 484 g/mol. The molecule has 0 radical (unpaired) electrons. The van der Waals surface area contributed by atoms with Crippen LogP contribution < -0.4 is 5.32 Å². The first-order valence-corrected chi connectivity index (χ1v) is 15.6. The zero-order valence-electron chi connectivity index (χ0n) is 23.2. The van der Waals surface area contributed by atoms with Gasteiger partial charge in [-0.2, -0.15) is 0 Å². The molecule has 0 bridgehead atoms.